The molecule has 0 saturated carbocycles. The minimum atomic E-state index is -0.557. The molecule has 0 aliphatic carbocycles. The van der Waals surface area contributed by atoms with Crippen LogP contribution in [0.2, 0.25) is 5.02 Å². The molecule has 0 atom stereocenters. The zero-order valence-electron chi connectivity index (χ0n) is 7.55. The summed E-state index contributed by atoms with van der Waals surface area (Å²) in [5.41, 5.74) is 0.360. The molecule has 1 nitrogen and oxygen atoms in total. The first-order chi connectivity index (χ1) is 7.18. The molecule has 0 bridgehead atoms. The summed E-state index contributed by atoms with van der Waals surface area (Å²) in [6.07, 6.45) is 2.45. The maximum Gasteiger partial charge on any atom is 0.149 e. The van der Waals surface area contributed by atoms with Gasteiger partial charge in [-0.2, -0.15) is 0 Å². The Bertz CT molecular complexity index is 500. The summed E-state index contributed by atoms with van der Waals surface area (Å²) >= 11 is 5.60. The normalized spacial score (nSPS) is 10.3. The zero-order chi connectivity index (χ0) is 10.8. The molecule has 4 heteroatoms. The van der Waals surface area contributed by atoms with Crippen molar-refractivity contribution in [3.8, 4) is 11.1 Å². The maximum atomic E-state index is 13.4. The van der Waals surface area contributed by atoms with Gasteiger partial charge in [0.2, 0.25) is 0 Å². The van der Waals surface area contributed by atoms with Crippen LogP contribution in [0.25, 0.3) is 11.1 Å². The van der Waals surface area contributed by atoms with Gasteiger partial charge < -0.3 is 0 Å². The van der Waals surface area contributed by atoms with Gasteiger partial charge >= 0.3 is 0 Å². The highest BCUT2D eigenvalue weighted by atomic mass is 35.5. The highest BCUT2D eigenvalue weighted by Gasteiger charge is 2.09. The Morgan fingerprint density at radius 2 is 1.73 bits per heavy atom. The van der Waals surface area contributed by atoms with Crippen LogP contribution in [-0.2, 0) is 0 Å². The third kappa shape index (κ3) is 1.97. The van der Waals surface area contributed by atoms with Gasteiger partial charge in [0.05, 0.1) is 6.20 Å². The summed E-state index contributed by atoms with van der Waals surface area (Å²) < 4.78 is 26.7. The fraction of sp³-hybridized carbons (Fsp3) is 0. The predicted molar refractivity (Wildman–Crippen MR) is 54.6 cm³/mol. The van der Waals surface area contributed by atoms with Crippen molar-refractivity contribution in [1.29, 1.82) is 0 Å². The van der Waals surface area contributed by atoms with Crippen molar-refractivity contribution in [2.75, 3.05) is 0 Å². The summed E-state index contributed by atoms with van der Waals surface area (Å²) in [5.74, 6) is -1.11. The summed E-state index contributed by atoms with van der Waals surface area (Å²) in [4.78, 5) is 3.59. The molecule has 0 spiro atoms. The SMILES string of the molecule is Fc1cnccc1-c1ccc(Cl)cc1F. The van der Waals surface area contributed by atoms with E-state index in [4.69, 9.17) is 11.6 Å². The molecule has 1 aromatic carbocycles. The molecule has 76 valence electrons. The number of pyridine rings is 1. The van der Waals surface area contributed by atoms with Crippen LogP contribution in [0.4, 0.5) is 8.78 Å². The molecule has 0 amide bonds. The van der Waals surface area contributed by atoms with E-state index in [1.165, 1.54) is 24.4 Å². The molecule has 0 saturated heterocycles. The van der Waals surface area contributed by atoms with Crippen LogP contribution in [0, 0.1) is 11.6 Å². The molecule has 2 aromatic rings. The number of hydrogen-bond acceptors (Lipinski definition) is 1. The lowest BCUT2D eigenvalue weighted by atomic mass is 10.1. The Balaban J connectivity index is 2.60. The molecule has 15 heavy (non-hydrogen) atoms. The fourth-order valence-electron chi connectivity index (χ4n) is 1.30. The molecule has 0 radical (unpaired) electrons. The highest BCUT2D eigenvalue weighted by Crippen LogP contribution is 2.26. The van der Waals surface area contributed by atoms with Gasteiger partial charge in [-0.15, -0.1) is 0 Å². The second-order valence-corrected chi connectivity index (χ2v) is 3.42. The van der Waals surface area contributed by atoms with E-state index in [0.717, 1.165) is 12.3 Å². The van der Waals surface area contributed by atoms with Crippen LogP contribution in [0.5, 0.6) is 0 Å². The Labute approximate surface area is 90.3 Å². The van der Waals surface area contributed by atoms with E-state index in [9.17, 15) is 8.78 Å². The Morgan fingerprint density at radius 1 is 1.00 bits per heavy atom. The van der Waals surface area contributed by atoms with Crippen molar-refractivity contribution < 1.29 is 8.78 Å². The summed E-state index contributed by atoms with van der Waals surface area (Å²) in [6.45, 7) is 0. The van der Waals surface area contributed by atoms with Crippen molar-refractivity contribution in [2.45, 2.75) is 0 Å². The minimum absolute atomic E-state index is 0.180. The van der Waals surface area contributed by atoms with Crippen LogP contribution in [0.15, 0.2) is 36.7 Å². The fourth-order valence-corrected chi connectivity index (χ4v) is 1.46. The first kappa shape index (κ1) is 10.1. The van der Waals surface area contributed by atoms with Crippen LogP contribution >= 0.6 is 11.6 Å². The lowest BCUT2D eigenvalue weighted by molar-refractivity contribution is 0.613. The Kier molecular flexibility index (Phi) is 2.64. The van der Waals surface area contributed by atoms with E-state index in [1.54, 1.807) is 0 Å². The number of benzene rings is 1. The molecule has 1 heterocycles. The van der Waals surface area contributed by atoms with Gasteiger partial charge in [0, 0.05) is 22.3 Å². The average molecular weight is 226 g/mol. The monoisotopic (exact) mass is 225 g/mol. The molecular formula is C11H6ClF2N. The largest absolute Gasteiger partial charge is 0.262 e. The lowest BCUT2D eigenvalue weighted by Crippen LogP contribution is -1.89. The van der Waals surface area contributed by atoms with Crippen LogP contribution in [-0.4, -0.2) is 4.98 Å². The van der Waals surface area contributed by atoms with Crippen molar-refractivity contribution in [3.05, 3.63) is 53.3 Å². The molecule has 0 aliphatic rings. The standard InChI is InChI=1S/C11H6ClF2N/c12-7-1-2-8(10(13)5-7)9-3-4-15-6-11(9)14/h1-6H. The Hall–Kier alpha value is -1.48. The zero-order valence-corrected chi connectivity index (χ0v) is 8.30. The first-order valence-corrected chi connectivity index (χ1v) is 4.61. The molecule has 0 unspecified atom stereocenters. The third-order valence-electron chi connectivity index (χ3n) is 1.99. The smallest absolute Gasteiger partial charge is 0.149 e. The van der Waals surface area contributed by atoms with E-state index in [0.29, 0.717) is 0 Å². The predicted octanol–water partition coefficient (Wildman–Crippen LogP) is 3.68. The van der Waals surface area contributed by atoms with Gasteiger partial charge in [0.15, 0.2) is 0 Å². The number of halogens is 3. The van der Waals surface area contributed by atoms with Crippen LogP contribution in [0.3, 0.4) is 0 Å². The van der Waals surface area contributed by atoms with Crippen molar-refractivity contribution in [1.82, 2.24) is 4.98 Å². The lowest BCUT2D eigenvalue weighted by Gasteiger charge is -2.04. The van der Waals surface area contributed by atoms with Gasteiger partial charge in [-0.1, -0.05) is 11.6 Å². The highest BCUT2D eigenvalue weighted by molar-refractivity contribution is 6.30. The number of aromatic nitrogens is 1. The molecular weight excluding hydrogens is 220 g/mol. The van der Waals surface area contributed by atoms with E-state index >= 15 is 0 Å². The van der Waals surface area contributed by atoms with Crippen molar-refractivity contribution in [2.24, 2.45) is 0 Å². The van der Waals surface area contributed by atoms with Gasteiger partial charge in [0.1, 0.15) is 11.6 Å². The minimum Gasteiger partial charge on any atom is -0.262 e. The topological polar surface area (TPSA) is 12.9 Å². The van der Waals surface area contributed by atoms with Crippen molar-refractivity contribution in [3.63, 3.8) is 0 Å². The summed E-state index contributed by atoms with van der Waals surface area (Å²) in [7, 11) is 0. The van der Waals surface area contributed by atoms with Gasteiger partial charge in [-0.25, -0.2) is 8.78 Å². The van der Waals surface area contributed by atoms with E-state index < -0.39 is 11.6 Å². The quantitative estimate of drug-likeness (QED) is 0.722. The number of rotatable bonds is 1. The van der Waals surface area contributed by atoms with E-state index in [-0.39, 0.29) is 16.1 Å². The molecule has 2 rings (SSSR count). The second-order valence-electron chi connectivity index (χ2n) is 2.98. The van der Waals surface area contributed by atoms with Crippen molar-refractivity contribution >= 4 is 11.6 Å². The third-order valence-corrected chi connectivity index (χ3v) is 2.23. The summed E-state index contributed by atoms with van der Waals surface area (Å²) in [6, 6.07) is 5.52. The molecule has 0 N–H and O–H groups in total. The number of nitrogens with zero attached hydrogens (tertiary/aromatic N) is 1. The summed E-state index contributed by atoms with van der Waals surface area (Å²) in [5, 5.41) is 0.283. The van der Waals surface area contributed by atoms with E-state index in [2.05, 4.69) is 4.98 Å². The molecule has 1 aromatic heterocycles. The number of hydrogen-bond donors (Lipinski definition) is 0. The molecule has 0 aliphatic heterocycles. The Morgan fingerprint density at radius 3 is 2.40 bits per heavy atom. The van der Waals surface area contributed by atoms with Gasteiger partial charge in [-0.05, 0) is 24.3 Å². The van der Waals surface area contributed by atoms with Crippen LogP contribution < -0.4 is 0 Å². The first-order valence-electron chi connectivity index (χ1n) is 4.23. The van der Waals surface area contributed by atoms with Gasteiger partial charge in [-0.3, -0.25) is 4.98 Å². The molecule has 0 fully saturated rings. The maximum absolute atomic E-state index is 13.4. The van der Waals surface area contributed by atoms with E-state index in [1.807, 2.05) is 0 Å². The van der Waals surface area contributed by atoms with Gasteiger partial charge in [0.25, 0.3) is 0 Å². The second kappa shape index (κ2) is 3.95. The van der Waals surface area contributed by atoms with Crippen LogP contribution in [0.1, 0.15) is 0 Å². The average Bonchev–Trinajstić information content (AvgIpc) is 2.20.